The molecule has 1 atom stereocenters. The van der Waals surface area contributed by atoms with Crippen molar-refractivity contribution in [3.63, 3.8) is 0 Å². The van der Waals surface area contributed by atoms with Crippen molar-refractivity contribution in [3.8, 4) is 0 Å². The van der Waals surface area contributed by atoms with Gasteiger partial charge in [0, 0.05) is 18.7 Å². The standard InChI is InChI=1S/C13H18N4/c1-9(2)13-15-12-4-3-11(8-17(12)16-13)10-5-6-14-7-10/h3-4,8-10,14H,5-7H2,1-2H3. The van der Waals surface area contributed by atoms with Crippen molar-refractivity contribution in [2.75, 3.05) is 13.1 Å². The first-order valence-corrected chi connectivity index (χ1v) is 6.31. The summed E-state index contributed by atoms with van der Waals surface area (Å²) in [6.45, 7) is 6.45. The van der Waals surface area contributed by atoms with Crippen LogP contribution in [-0.4, -0.2) is 27.7 Å². The summed E-state index contributed by atoms with van der Waals surface area (Å²) >= 11 is 0. The van der Waals surface area contributed by atoms with E-state index in [-0.39, 0.29) is 0 Å². The van der Waals surface area contributed by atoms with Gasteiger partial charge in [-0.1, -0.05) is 19.9 Å². The summed E-state index contributed by atoms with van der Waals surface area (Å²) in [6.07, 6.45) is 3.35. The molecule has 1 N–H and O–H groups in total. The highest BCUT2D eigenvalue weighted by molar-refractivity contribution is 5.40. The number of fused-ring (bicyclic) bond motifs is 1. The molecule has 0 aliphatic carbocycles. The van der Waals surface area contributed by atoms with Crippen LogP contribution in [0.5, 0.6) is 0 Å². The highest BCUT2D eigenvalue weighted by Crippen LogP contribution is 2.22. The molecule has 1 aliphatic heterocycles. The van der Waals surface area contributed by atoms with Crippen molar-refractivity contribution in [2.24, 2.45) is 0 Å². The van der Waals surface area contributed by atoms with Gasteiger partial charge in [-0.05, 0) is 30.5 Å². The van der Waals surface area contributed by atoms with Crippen LogP contribution in [0.15, 0.2) is 18.3 Å². The first kappa shape index (κ1) is 10.7. The van der Waals surface area contributed by atoms with E-state index in [9.17, 15) is 0 Å². The lowest BCUT2D eigenvalue weighted by molar-refractivity contribution is 0.738. The van der Waals surface area contributed by atoms with E-state index in [1.165, 1.54) is 12.0 Å². The minimum Gasteiger partial charge on any atom is -0.316 e. The lowest BCUT2D eigenvalue weighted by Crippen LogP contribution is -2.08. The van der Waals surface area contributed by atoms with Crippen molar-refractivity contribution in [1.29, 1.82) is 0 Å². The highest BCUT2D eigenvalue weighted by atomic mass is 15.3. The van der Waals surface area contributed by atoms with E-state index >= 15 is 0 Å². The molecule has 0 radical (unpaired) electrons. The summed E-state index contributed by atoms with van der Waals surface area (Å²) in [5.74, 6) is 1.93. The van der Waals surface area contributed by atoms with Crippen molar-refractivity contribution >= 4 is 5.65 Å². The maximum absolute atomic E-state index is 4.53. The molecule has 0 spiro atoms. The van der Waals surface area contributed by atoms with Gasteiger partial charge in [0.15, 0.2) is 11.5 Å². The monoisotopic (exact) mass is 230 g/mol. The fraction of sp³-hybridized carbons (Fsp3) is 0.538. The van der Waals surface area contributed by atoms with Crippen LogP contribution in [0.2, 0.25) is 0 Å². The SMILES string of the molecule is CC(C)c1nc2ccc(C3CCNC3)cn2n1. The number of rotatable bonds is 2. The molecular formula is C13H18N4. The van der Waals surface area contributed by atoms with Crippen LogP contribution >= 0.6 is 0 Å². The summed E-state index contributed by atoms with van der Waals surface area (Å²) in [7, 11) is 0. The Morgan fingerprint density at radius 2 is 2.29 bits per heavy atom. The van der Waals surface area contributed by atoms with Gasteiger partial charge in [0.05, 0.1) is 0 Å². The Labute approximate surface area is 101 Å². The zero-order valence-electron chi connectivity index (χ0n) is 10.3. The summed E-state index contributed by atoms with van der Waals surface area (Å²) in [5, 5.41) is 7.93. The Bertz CT molecular complexity index is 523. The average Bonchev–Trinajstić information content (AvgIpc) is 2.97. The van der Waals surface area contributed by atoms with Crippen molar-refractivity contribution < 1.29 is 0 Å². The smallest absolute Gasteiger partial charge is 0.155 e. The van der Waals surface area contributed by atoms with Gasteiger partial charge >= 0.3 is 0 Å². The summed E-state index contributed by atoms with van der Waals surface area (Å²) < 4.78 is 1.92. The summed E-state index contributed by atoms with van der Waals surface area (Å²) in [6, 6.07) is 4.26. The van der Waals surface area contributed by atoms with Gasteiger partial charge in [0.1, 0.15) is 0 Å². The maximum Gasteiger partial charge on any atom is 0.155 e. The van der Waals surface area contributed by atoms with E-state index in [2.05, 4.69) is 47.6 Å². The molecule has 3 rings (SSSR count). The molecule has 4 nitrogen and oxygen atoms in total. The normalized spacial score (nSPS) is 20.5. The van der Waals surface area contributed by atoms with Gasteiger partial charge in [-0.3, -0.25) is 0 Å². The zero-order chi connectivity index (χ0) is 11.8. The number of nitrogens with one attached hydrogen (secondary N) is 1. The fourth-order valence-electron chi connectivity index (χ4n) is 2.34. The van der Waals surface area contributed by atoms with Gasteiger partial charge in [-0.25, -0.2) is 9.50 Å². The number of aromatic nitrogens is 3. The van der Waals surface area contributed by atoms with Crippen LogP contribution in [0.4, 0.5) is 0 Å². The second kappa shape index (κ2) is 4.11. The molecule has 17 heavy (non-hydrogen) atoms. The highest BCUT2D eigenvalue weighted by Gasteiger charge is 2.17. The minimum atomic E-state index is 0.381. The van der Waals surface area contributed by atoms with Crippen molar-refractivity contribution in [2.45, 2.75) is 32.1 Å². The zero-order valence-corrected chi connectivity index (χ0v) is 10.3. The van der Waals surface area contributed by atoms with Crippen LogP contribution < -0.4 is 5.32 Å². The summed E-state index contributed by atoms with van der Waals surface area (Å²) in [5.41, 5.74) is 2.31. The third kappa shape index (κ3) is 1.93. The molecule has 0 bridgehead atoms. The molecule has 2 aromatic heterocycles. The predicted octanol–water partition coefficient (Wildman–Crippen LogP) is 1.93. The maximum atomic E-state index is 4.53. The number of hydrogen-bond acceptors (Lipinski definition) is 3. The van der Waals surface area contributed by atoms with Gasteiger partial charge in [-0.15, -0.1) is 0 Å². The molecule has 1 aliphatic rings. The Kier molecular flexibility index (Phi) is 2.59. The number of hydrogen-bond donors (Lipinski definition) is 1. The van der Waals surface area contributed by atoms with Crippen LogP contribution in [0.25, 0.3) is 5.65 Å². The van der Waals surface area contributed by atoms with Crippen LogP contribution in [0.3, 0.4) is 0 Å². The quantitative estimate of drug-likeness (QED) is 0.857. The lowest BCUT2D eigenvalue weighted by atomic mass is 10.0. The van der Waals surface area contributed by atoms with Gasteiger partial charge in [0.25, 0.3) is 0 Å². The van der Waals surface area contributed by atoms with Crippen molar-refractivity contribution in [1.82, 2.24) is 19.9 Å². The first-order valence-electron chi connectivity index (χ1n) is 6.31. The molecule has 0 amide bonds. The molecule has 1 fully saturated rings. The average molecular weight is 230 g/mol. The number of nitrogens with zero attached hydrogens (tertiary/aromatic N) is 3. The number of pyridine rings is 1. The van der Waals surface area contributed by atoms with Crippen LogP contribution in [0, 0.1) is 0 Å². The Morgan fingerprint density at radius 1 is 1.41 bits per heavy atom. The first-order chi connectivity index (χ1) is 8.24. The van der Waals surface area contributed by atoms with Gasteiger partial charge in [-0.2, -0.15) is 5.10 Å². The van der Waals surface area contributed by atoms with Gasteiger partial charge < -0.3 is 5.32 Å². The van der Waals surface area contributed by atoms with E-state index in [1.54, 1.807) is 0 Å². The largest absolute Gasteiger partial charge is 0.316 e. The molecular weight excluding hydrogens is 212 g/mol. The Hall–Kier alpha value is -1.42. The molecule has 1 saturated heterocycles. The van der Waals surface area contributed by atoms with Crippen LogP contribution in [0.1, 0.15) is 43.5 Å². The topological polar surface area (TPSA) is 42.2 Å². The fourth-order valence-corrected chi connectivity index (χ4v) is 2.34. The molecule has 0 aromatic carbocycles. The van der Waals surface area contributed by atoms with Gasteiger partial charge in [0.2, 0.25) is 0 Å². The van der Waals surface area contributed by atoms with E-state index < -0.39 is 0 Å². The predicted molar refractivity (Wildman–Crippen MR) is 67.3 cm³/mol. The molecule has 4 heteroatoms. The molecule has 2 aromatic rings. The minimum absolute atomic E-state index is 0.381. The second-order valence-electron chi connectivity index (χ2n) is 5.08. The second-order valence-corrected chi connectivity index (χ2v) is 5.08. The third-order valence-corrected chi connectivity index (χ3v) is 3.42. The Balaban J connectivity index is 2.00. The molecule has 0 saturated carbocycles. The lowest BCUT2D eigenvalue weighted by Gasteiger charge is -2.07. The van der Waals surface area contributed by atoms with Crippen molar-refractivity contribution in [3.05, 3.63) is 29.7 Å². The molecule has 1 unspecified atom stereocenters. The summed E-state index contributed by atoms with van der Waals surface area (Å²) in [4.78, 5) is 4.52. The Morgan fingerprint density at radius 3 is 3.00 bits per heavy atom. The van der Waals surface area contributed by atoms with Crippen LogP contribution in [-0.2, 0) is 0 Å². The van der Waals surface area contributed by atoms with E-state index in [1.807, 2.05) is 4.52 Å². The molecule has 3 heterocycles. The molecule has 90 valence electrons. The van der Waals surface area contributed by atoms with E-state index in [0.717, 1.165) is 24.6 Å². The third-order valence-electron chi connectivity index (χ3n) is 3.42. The van der Waals surface area contributed by atoms with E-state index in [4.69, 9.17) is 0 Å². The van der Waals surface area contributed by atoms with E-state index in [0.29, 0.717) is 11.8 Å².